The fourth-order valence-corrected chi connectivity index (χ4v) is 2.25. The number of nitrogens with zero attached hydrogens (tertiary/aromatic N) is 4. The predicted octanol–water partition coefficient (Wildman–Crippen LogP) is -0.231. The van der Waals surface area contributed by atoms with Gasteiger partial charge in [-0.25, -0.2) is 19.3 Å². The Morgan fingerprint density at radius 2 is 2.39 bits per heavy atom. The summed E-state index contributed by atoms with van der Waals surface area (Å²) in [6, 6.07) is 2.21. The van der Waals surface area contributed by atoms with Crippen LogP contribution in [-0.2, 0) is 0 Å². The smallest absolute Gasteiger partial charge is 0.348 e. The summed E-state index contributed by atoms with van der Waals surface area (Å²) in [6.45, 7) is 0.652. The highest BCUT2D eigenvalue weighted by atomic mass is 16.3. The summed E-state index contributed by atoms with van der Waals surface area (Å²) in [5.41, 5.74) is 0.258. The van der Waals surface area contributed by atoms with Gasteiger partial charge in [-0.15, -0.1) is 0 Å². The van der Waals surface area contributed by atoms with Crippen molar-refractivity contribution in [3.8, 4) is 0 Å². The van der Waals surface area contributed by atoms with Crippen molar-refractivity contribution >= 4 is 11.5 Å². The molecule has 2 aromatic rings. The number of hydrogen-bond acceptors (Lipinski definition) is 5. The molecule has 0 unspecified atom stereocenters. The van der Waals surface area contributed by atoms with E-state index in [-0.39, 0.29) is 12.3 Å². The molecule has 18 heavy (non-hydrogen) atoms. The van der Waals surface area contributed by atoms with Gasteiger partial charge >= 0.3 is 5.69 Å². The third kappa shape index (κ3) is 1.76. The van der Waals surface area contributed by atoms with Crippen LogP contribution in [-0.4, -0.2) is 43.9 Å². The number of aliphatic hydroxyl groups is 1. The van der Waals surface area contributed by atoms with Crippen molar-refractivity contribution in [3.05, 3.63) is 22.9 Å². The second-order valence-electron chi connectivity index (χ2n) is 4.51. The van der Waals surface area contributed by atoms with Gasteiger partial charge in [-0.3, -0.25) is 0 Å². The van der Waals surface area contributed by atoms with E-state index in [1.807, 2.05) is 0 Å². The Hall–Kier alpha value is -1.89. The van der Waals surface area contributed by atoms with E-state index >= 15 is 0 Å². The molecule has 7 heteroatoms. The molecule has 0 amide bonds. The van der Waals surface area contributed by atoms with Crippen LogP contribution in [0, 0.1) is 0 Å². The quantitative estimate of drug-likeness (QED) is 0.781. The molecule has 0 saturated heterocycles. The number of fused-ring (bicyclic) bond motifs is 1. The lowest BCUT2D eigenvalue weighted by Crippen LogP contribution is -2.42. The van der Waals surface area contributed by atoms with Gasteiger partial charge in [0.1, 0.15) is 12.1 Å². The standard InChI is InChI=1S/C11H15N5O2/c17-5-4-15(8-2-1-3-8)9-6-10-13-14-11(18)16(10)7-12-9/h6-8,17H,1-5H2,(H,14,18). The number of aromatic amines is 1. The summed E-state index contributed by atoms with van der Waals surface area (Å²) in [5, 5.41) is 15.4. The number of anilines is 1. The molecule has 96 valence electrons. The van der Waals surface area contributed by atoms with Crippen LogP contribution in [0.3, 0.4) is 0 Å². The van der Waals surface area contributed by atoms with E-state index in [4.69, 9.17) is 5.11 Å². The third-order valence-electron chi connectivity index (χ3n) is 3.45. The molecule has 0 atom stereocenters. The van der Waals surface area contributed by atoms with Crippen LogP contribution in [0.1, 0.15) is 19.3 Å². The molecular formula is C11H15N5O2. The molecule has 7 nitrogen and oxygen atoms in total. The topological polar surface area (TPSA) is 86.5 Å². The second-order valence-corrected chi connectivity index (χ2v) is 4.51. The number of rotatable bonds is 4. The van der Waals surface area contributed by atoms with Gasteiger partial charge in [-0.2, -0.15) is 5.10 Å². The van der Waals surface area contributed by atoms with Gasteiger partial charge in [0.05, 0.1) is 6.61 Å². The molecule has 2 heterocycles. The van der Waals surface area contributed by atoms with Gasteiger partial charge in [-0.05, 0) is 19.3 Å². The van der Waals surface area contributed by atoms with Crippen molar-refractivity contribution < 1.29 is 5.11 Å². The van der Waals surface area contributed by atoms with E-state index in [0.29, 0.717) is 18.2 Å². The first-order valence-electron chi connectivity index (χ1n) is 6.10. The minimum atomic E-state index is -0.290. The molecule has 1 saturated carbocycles. The zero-order valence-corrected chi connectivity index (χ0v) is 9.91. The van der Waals surface area contributed by atoms with Crippen molar-refractivity contribution in [1.82, 2.24) is 19.6 Å². The van der Waals surface area contributed by atoms with Crippen molar-refractivity contribution in [1.29, 1.82) is 0 Å². The van der Waals surface area contributed by atoms with E-state index in [1.54, 1.807) is 6.07 Å². The average molecular weight is 249 g/mol. The first-order valence-corrected chi connectivity index (χ1v) is 6.10. The summed E-state index contributed by atoms with van der Waals surface area (Å²) in [6.07, 6.45) is 4.94. The lowest BCUT2D eigenvalue weighted by atomic mass is 9.91. The molecule has 3 rings (SSSR count). The largest absolute Gasteiger partial charge is 0.395 e. The van der Waals surface area contributed by atoms with Crippen LogP contribution in [0.2, 0.25) is 0 Å². The van der Waals surface area contributed by atoms with Crippen molar-refractivity contribution in [2.24, 2.45) is 0 Å². The normalized spacial score (nSPS) is 15.8. The molecule has 2 N–H and O–H groups in total. The molecule has 0 radical (unpaired) electrons. The molecule has 0 aliphatic heterocycles. The van der Waals surface area contributed by atoms with Gasteiger partial charge in [0.2, 0.25) is 0 Å². The van der Waals surface area contributed by atoms with Gasteiger partial charge in [-0.1, -0.05) is 0 Å². The molecule has 0 bridgehead atoms. The maximum Gasteiger partial charge on any atom is 0.348 e. The van der Waals surface area contributed by atoms with Gasteiger partial charge < -0.3 is 10.0 Å². The zero-order chi connectivity index (χ0) is 12.5. The molecular weight excluding hydrogens is 234 g/mol. The summed E-state index contributed by atoms with van der Waals surface area (Å²) < 4.78 is 1.36. The molecule has 1 aliphatic carbocycles. The van der Waals surface area contributed by atoms with Crippen LogP contribution >= 0.6 is 0 Å². The Morgan fingerprint density at radius 3 is 3.06 bits per heavy atom. The Labute approximate surface area is 103 Å². The number of H-pyrrole nitrogens is 1. The summed E-state index contributed by atoms with van der Waals surface area (Å²) in [4.78, 5) is 17.7. The van der Waals surface area contributed by atoms with Crippen LogP contribution in [0.15, 0.2) is 17.2 Å². The lowest BCUT2D eigenvalue weighted by molar-refractivity contribution is 0.283. The van der Waals surface area contributed by atoms with Crippen LogP contribution < -0.4 is 10.6 Å². The first-order chi connectivity index (χ1) is 8.79. The number of aromatic nitrogens is 4. The number of hydrogen-bond donors (Lipinski definition) is 2. The molecule has 2 aromatic heterocycles. The Kier molecular flexibility index (Phi) is 2.75. The SMILES string of the molecule is O=c1[nH]nc2cc(N(CCO)C3CCC3)ncn12. The van der Waals surface area contributed by atoms with E-state index in [9.17, 15) is 4.79 Å². The van der Waals surface area contributed by atoms with E-state index in [2.05, 4.69) is 20.1 Å². The first kappa shape index (κ1) is 11.2. The maximum atomic E-state index is 11.3. The zero-order valence-electron chi connectivity index (χ0n) is 9.91. The maximum absolute atomic E-state index is 11.3. The Morgan fingerprint density at radius 1 is 1.56 bits per heavy atom. The van der Waals surface area contributed by atoms with Gasteiger partial charge in [0.25, 0.3) is 0 Å². The second kappa shape index (κ2) is 4.41. The van der Waals surface area contributed by atoms with Crippen molar-refractivity contribution in [2.45, 2.75) is 25.3 Å². The van der Waals surface area contributed by atoms with Gasteiger partial charge in [0, 0.05) is 18.7 Å². The Bertz CT molecular complexity index is 601. The van der Waals surface area contributed by atoms with E-state index in [0.717, 1.165) is 18.7 Å². The highest BCUT2D eigenvalue weighted by Gasteiger charge is 2.25. The molecule has 1 aliphatic rings. The van der Waals surface area contributed by atoms with Gasteiger partial charge in [0.15, 0.2) is 5.65 Å². The van der Waals surface area contributed by atoms with E-state index in [1.165, 1.54) is 17.1 Å². The van der Waals surface area contributed by atoms with Crippen LogP contribution in [0.4, 0.5) is 5.82 Å². The lowest BCUT2D eigenvalue weighted by Gasteiger charge is -2.38. The highest BCUT2D eigenvalue weighted by molar-refractivity contribution is 5.51. The van der Waals surface area contributed by atoms with Crippen LogP contribution in [0.25, 0.3) is 5.65 Å². The number of aliphatic hydroxyl groups excluding tert-OH is 1. The van der Waals surface area contributed by atoms with Crippen molar-refractivity contribution in [2.75, 3.05) is 18.1 Å². The molecule has 1 fully saturated rings. The highest BCUT2D eigenvalue weighted by Crippen LogP contribution is 2.28. The predicted molar refractivity (Wildman–Crippen MR) is 65.7 cm³/mol. The summed E-state index contributed by atoms with van der Waals surface area (Å²) in [7, 11) is 0. The number of nitrogens with one attached hydrogen (secondary N) is 1. The molecule has 0 aromatic carbocycles. The third-order valence-corrected chi connectivity index (χ3v) is 3.45. The van der Waals surface area contributed by atoms with Crippen LogP contribution in [0.5, 0.6) is 0 Å². The minimum absolute atomic E-state index is 0.0940. The van der Waals surface area contributed by atoms with E-state index < -0.39 is 0 Å². The fraction of sp³-hybridized carbons (Fsp3) is 0.545. The molecule has 0 spiro atoms. The monoisotopic (exact) mass is 249 g/mol. The summed E-state index contributed by atoms with van der Waals surface area (Å²) >= 11 is 0. The van der Waals surface area contributed by atoms with Crippen molar-refractivity contribution in [3.63, 3.8) is 0 Å². The summed E-state index contributed by atoms with van der Waals surface area (Å²) in [5.74, 6) is 0.764. The minimum Gasteiger partial charge on any atom is -0.395 e. The Balaban J connectivity index is 1.97. The average Bonchev–Trinajstić information content (AvgIpc) is 2.68. The fourth-order valence-electron chi connectivity index (χ4n) is 2.25.